The predicted octanol–water partition coefficient (Wildman–Crippen LogP) is 1.82. The molecule has 1 aliphatic heterocycles. The van der Waals surface area contributed by atoms with E-state index in [0.717, 1.165) is 12.0 Å². The molecule has 1 fully saturated rings. The summed E-state index contributed by atoms with van der Waals surface area (Å²) in [5.41, 5.74) is 0.930. The molecule has 6 heteroatoms. The average molecular weight is 263 g/mol. The first-order valence-corrected chi connectivity index (χ1v) is 6.35. The molecule has 6 nitrogen and oxygen atoms in total. The number of nitro benzene ring substituents is 1. The van der Waals surface area contributed by atoms with Crippen molar-refractivity contribution in [2.24, 2.45) is 0 Å². The molecular weight excluding hydrogens is 246 g/mol. The minimum atomic E-state index is -0.427. The van der Waals surface area contributed by atoms with Crippen molar-refractivity contribution >= 4 is 11.6 Å². The molecule has 2 unspecified atom stereocenters. The summed E-state index contributed by atoms with van der Waals surface area (Å²) in [5, 5.41) is 13.8. The van der Waals surface area contributed by atoms with E-state index in [2.05, 4.69) is 5.32 Å². The molecule has 0 aromatic heterocycles. The summed E-state index contributed by atoms with van der Waals surface area (Å²) in [6, 6.07) is 6.11. The van der Waals surface area contributed by atoms with Gasteiger partial charge in [-0.3, -0.25) is 20.2 Å². The maximum absolute atomic E-state index is 12.0. The van der Waals surface area contributed by atoms with Crippen molar-refractivity contribution in [3.8, 4) is 0 Å². The van der Waals surface area contributed by atoms with Crippen molar-refractivity contribution in [2.45, 2.75) is 32.5 Å². The van der Waals surface area contributed by atoms with Gasteiger partial charge in [-0.15, -0.1) is 0 Å². The van der Waals surface area contributed by atoms with Crippen LogP contribution in [0.5, 0.6) is 0 Å². The summed E-state index contributed by atoms with van der Waals surface area (Å²) >= 11 is 0. The number of carbonyl (C=O) groups excluding carboxylic acids is 1. The lowest BCUT2D eigenvalue weighted by atomic mass is 10.1. The molecule has 1 aliphatic rings. The van der Waals surface area contributed by atoms with Crippen molar-refractivity contribution < 1.29 is 9.72 Å². The minimum Gasteiger partial charge on any atom is -0.322 e. The number of nitrogens with one attached hydrogen (secondary N) is 1. The lowest BCUT2D eigenvalue weighted by Gasteiger charge is -2.23. The predicted molar refractivity (Wildman–Crippen MR) is 70.4 cm³/mol. The topological polar surface area (TPSA) is 75.5 Å². The van der Waals surface area contributed by atoms with Gasteiger partial charge in [0.25, 0.3) is 5.69 Å². The van der Waals surface area contributed by atoms with Crippen LogP contribution in [0.2, 0.25) is 0 Å². The molecule has 1 aromatic rings. The van der Waals surface area contributed by atoms with Gasteiger partial charge in [0.1, 0.15) is 6.17 Å². The van der Waals surface area contributed by atoms with Crippen molar-refractivity contribution in [1.82, 2.24) is 10.2 Å². The van der Waals surface area contributed by atoms with Crippen LogP contribution in [-0.2, 0) is 4.79 Å². The lowest BCUT2D eigenvalue weighted by molar-refractivity contribution is -0.384. The van der Waals surface area contributed by atoms with E-state index < -0.39 is 4.92 Å². The van der Waals surface area contributed by atoms with Crippen LogP contribution in [0.1, 0.15) is 32.0 Å². The molecule has 19 heavy (non-hydrogen) atoms. The summed E-state index contributed by atoms with van der Waals surface area (Å²) in [4.78, 5) is 24.0. The average Bonchev–Trinajstić information content (AvgIpc) is 2.68. The first kappa shape index (κ1) is 13.5. The second-order valence-electron chi connectivity index (χ2n) is 4.67. The van der Waals surface area contributed by atoms with Crippen LogP contribution in [0.25, 0.3) is 0 Å². The monoisotopic (exact) mass is 263 g/mol. The Kier molecular flexibility index (Phi) is 3.80. The zero-order valence-electron chi connectivity index (χ0n) is 11.0. The van der Waals surface area contributed by atoms with Gasteiger partial charge in [0.15, 0.2) is 0 Å². The molecule has 1 N–H and O–H groups in total. The zero-order valence-corrected chi connectivity index (χ0v) is 11.0. The van der Waals surface area contributed by atoms with Crippen LogP contribution >= 0.6 is 0 Å². The Bertz CT molecular complexity index is 486. The largest absolute Gasteiger partial charge is 0.322 e. The molecule has 1 aromatic carbocycles. The Morgan fingerprint density at radius 3 is 2.53 bits per heavy atom. The molecule has 0 spiro atoms. The highest BCUT2D eigenvalue weighted by Gasteiger charge is 2.36. The number of nitrogens with zero attached hydrogens (tertiary/aromatic N) is 2. The first-order chi connectivity index (χ1) is 9.04. The number of hydrogen-bond donors (Lipinski definition) is 1. The number of hydrogen-bond acceptors (Lipinski definition) is 4. The van der Waals surface area contributed by atoms with Crippen LogP contribution < -0.4 is 5.32 Å². The van der Waals surface area contributed by atoms with E-state index in [1.807, 2.05) is 13.8 Å². The summed E-state index contributed by atoms with van der Waals surface area (Å²) in [6.07, 6.45) is 0.687. The van der Waals surface area contributed by atoms with Crippen LogP contribution in [0.15, 0.2) is 24.3 Å². The van der Waals surface area contributed by atoms with E-state index in [1.54, 1.807) is 17.0 Å². The zero-order chi connectivity index (χ0) is 14.0. The third-order valence-corrected chi connectivity index (χ3v) is 3.26. The normalized spacial score (nSPS) is 22.8. The highest BCUT2D eigenvalue weighted by molar-refractivity contribution is 5.84. The summed E-state index contributed by atoms with van der Waals surface area (Å²) in [7, 11) is 0. The fourth-order valence-corrected chi connectivity index (χ4v) is 2.31. The minimum absolute atomic E-state index is 0.0585. The number of carbonyl (C=O) groups is 1. The maximum Gasteiger partial charge on any atom is 0.269 e. The molecule has 1 amide bonds. The van der Waals surface area contributed by atoms with E-state index in [1.165, 1.54) is 12.1 Å². The molecule has 102 valence electrons. The van der Waals surface area contributed by atoms with E-state index in [9.17, 15) is 14.9 Å². The summed E-state index contributed by atoms with van der Waals surface area (Å²) in [5.74, 6) is 0.0743. The number of benzene rings is 1. The third-order valence-electron chi connectivity index (χ3n) is 3.26. The third kappa shape index (κ3) is 2.58. The van der Waals surface area contributed by atoms with Crippen molar-refractivity contribution in [3.05, 3.63) is 39.9 Å². The van der Waals surface area contributed by atoms with Gasteiger partial charge in [-0.05, 0) is 31.0 Å². The van der Waals surface area contributed by atoms with Crippen LogP contribution in [0.3, 0.4) is 0 Å². The van der Waals surface area contributed by atoms with E-state index >= 15 is 0 Å². The number of nitro groups is 1. The number of non-ortho nitro benzene ring substituents is 1. The van der Waals surface area contributed by atoms with Gasteiger partial charge in [0, 0.05) is 18.7 Å². The number of amides is 1. The number of rotatable bonds is 4. The van der Waals surface area contributed by atoms with Gasteiger partial charge in [-0.1, -0.05) is 6.92 Å². The van der Waals surface area contributed by atoms with Crippen molar-refractivity contribution in [1.29, 1.82) is 0 Å². The molecule has 1 saturated heterocycles. The van der Waals surface area contributed by atoms with Gasteiger partial charge in [0.05, 0.1) is 11.0 Å². The van der Waals surface area contributed by atoms with E-state index in [4.69, 9.17) is 0 Å². The standard InChI is InChI=1S/C13H17N3O3/c1-3-8-15-12(14-9(2)13(15)17)10-4-6-11(7-5-10)16(18)19/h4-7,9,12,14H,3,8H2,1-2H3. The highest BCUT2D eigenvalue weighted by atomic mass is 16.6. The van der Waals surface area contributed by atoms with Crippen LogP contribution in [0.4, 0.5) is 5.69 Å². The molecule has 0 saturated carbocycles. The van der Waals surface area contributed by atoms with Gasteiger partial charge in [-0.25, -0.2) is 0 Å². The van der Waals surface area contributed by atoms with Crippen LogP contribution in [0, 0.1) is 10.1 Å². The summed E-state index contributed by atoms with van der Waals surface area (Å²) < 4.78 is 0. The maximum atomic E-state index is 12.0. The second kappa shape index (κ2) is 5.36. The van der Waals surface area contributed by atoms with Gasteiger partial charge >= 0.3 is 0 Å². The highest BCUT2D eigenvalue weighted by Crippen LogP contribution is 2.26. The van der Waals surface area contributed by atoms with Gasteiger partial charge in [0.2, 0.25) is 5.91 Å². The Labute approximate surface area is 111 Å². The quantitative estimate of drug-likeness (QED) is 0.664. The van der Waals surface area contributed by atoms with Crippen LogP contribution in [-0.4, -0.2) is 28.3 Å². The second-order valence-corrected chi connectivity index (χ2v) is 4.67. The molecule has 0 aliphatic carbocycles. The lowest BCUT2D eigenvalue weighted by Crippen LogP contribution is -2.31. The Morgan fingerprint density at radius 1 is 1.37 bits per heavy atom. The van der Waals surface area contributed by atoms with Gasteiger partial charge < -0.3 is 4.90 Å². The Morgan fingerprint density at radius 2 is 2.00 bits per heavy atom. The molecule has 2 rings (SSSR count). The van der Waals surface area contributed by atoms with E-state index in [-0.39, 0.29) is 23.8 Å². The molecule has 0 radical (unpaired) electrons. The van der Waals surface area contributed by atoms with Gasteiger partial charge in [-0.2, -0.15) is 0 Å². The van der Waals surface area contributed by atoms with E-state index in [0.29, 0.717) is 6.54 Å². The first-order valence-electron chi connectivity index (χ1n) is 6.35. The SMILES string of the molecule is CCCN1C(=O)C(C)NC1c1ccc([N+](=O)[O-])cc1. The molecule has 2 atom stereocenters. The fraction of sp³-hybridized carbons (Fsp3) is 0.462. The van der Waals surface area contributed by atoms with Crippen molar-refractivity contribution in [3.63, 3.8) is 0 Å². The van der Waals surface area contributed by atoms with Crippen molar-refractivity contribution in [2.75, 3.05) is 6.54 Å². The Hall–Kier alpha value is -1.95. The molecular formula is C13H17N3O3. The molecule has 0 bridgehead atoms. The fourth-order valence-electron chi connectivity index (χ4n) is 2.31. The smallest absolute Gasteiger partial charge is 0.269 e. The summed E-state index contributed by atoms with van der Waals surface area (Å²) in [6.45, 7) is 4.53. The Balaban J connectivity index is 2.24. The molecule has 1 heterocycles.